The van der Waals surface area contributed by atoms with Crippen molar-refractivity contribution in [2.75, 3.05) is 16.8 Å². The highest BCUT2D eigenvalue weighted by Gasteiger charge is 2.41. The number of alkyl halides is 2. The highest BCUT2D eigenvalue weighted by Crippen LogP contribution is 2.43. The van der Waals surface area contributed by atoms with Crippen molar-refractivity contribution in [3.63, 3.8) is 0 Å². The van der Waals surface area contributed by atoms with Gasteiger partial charge in [-0.1, -0.05) is 72.8 Å². The molecule has 7 nitrogen and oxygen atoms in total. The summed E-state index contributed by atoms with van der Waals surface area (Å²) in [5.74, 6) is -4.86. The first-order valence-corrected chi connectivity index (χ1v) is 15.0. The molecule has 0 radical (unpaired) electrons. The number of carbonyl (C=O) groups excluding carboxylic acids is 3. The number of nitrogens with one attached hydrogen (secondary N) is 2. The molecule has 1 aliphatic heterocycles. The van der Waals surface area contributed by atoms with Gasteiger partial charge >= 0.3 is 0 Å². The fraction of sp³-hybridized carbons (Fsp3) is 0.105. The standard InChI is InChI=1S/C38H30F2N4O3/c39-38(40)21-23-44(34-16-7-6-15-32(34)33(38)24-35(45)42-25-29-12-8-9-22-41-29)37(47)27-17-19-28(20-18-27)43-36(46)31-14-5-4-13-30(31)26-10-2-1-3-11-26/h1-20,22,24H,21,23,25H2,(H,42,45)(H,43,46)/b33-24-. The lowest BCUT2D eigenvalue weighted by Crippen LogP contribution is -2.33. The van der Waals surface area contributed by atoms with Gasteiger partial charge in [0.1, 0.15) is 0 Å². The lowest BCUT2D eigenvalue weighted by molar-refractivity contribution is -0.116. The van der Waals surface area contributed by atoms with E-state index < -0.39 is 29.7 Å². The molecule has 234 valence electrons. The van der Waals surface area contributed by atoms with E-state index >= 15 is 8.78 Å². The second-order valence-electron chi connectivity index (χ2n) is 11.0. The third-order valence-corrected chi connectivity index (χ3v) is 7.87. The molecule has 0 aliphatic carbocycles. The van der Waals surface area contributed by atoms with Crippen LogP contribution in [0.25, 0.3) is 16.7 Å². The van der Waals surface area contributed by atoms with Crippen molar-refractivity contribution in [2.24, 2.45) is 0 Å². The lowest BCUT2D eigenvalue weighted by atomic mass is 9.97. The molecule has 47 heavy (non-hydrogen) atoms. The zero-order valence-corrected chi connectivity index (χ0v) is 25.2. The van der Waals surface area contributed by atoms with Crippen LogP contribution in [0.5, 0.6) is 0 Å². The van der Waals surface area contributed by atoms with Gasteiger partial charge in [-0.3, -0.25) is 19.4 Å². The maximum Gasteiger partial charge on any atom is 0.275 e. The van der Waals surface area contributed by atoms with E-state index in [1.165, 1.54) is 11.0 Å². The minimum absolute atomic E-state index is 0.0806. The molecule has 1 aliphatic rings. The molecular formula is C38H30F2N4O3. The third-order valence-electron chi connectivity index (χ3n) is 7.87. The summed E-state index contributed by atoms with van der Waals surface area (Å²) in [6.45, 7) is -0.193. The molecule has 2 N–H and O–H groups in total. The zero-order valence-electron chi connectivity index (χ0n) is 25.2. The Bertz CT molecular complexity index is 1950. The van der Waals surface area contributed by atoms with Crippen molar-refractivity contribution in [1.82, 2.24) is 10.3 Å². The Kier molecular flexibility index (Phi) is 8.97. The largest absolute Gasteiger partial charge is 0.347 e. The van der Waals surface area contributed by atoms with Gasteiger partial charge in [-0.15, -0.1) is 0 Å². The van der Waals surface area contributed by atoms with Crippen LogP contribution in [0.15, 0.2) is 134 Å². The van der Waals surface area contributed by atoms with Crippen LogP contribution in [-0.2, 0) is 11.3 Å². The number of rotatable bonds is 7. The van der Waals surface area contributed by atoms with Crippen molar-refractivity contribution in [3.8, 4) is 11.1 Å². The Hall–Kier alpha value is -5.96. The number of carbonyl (C=O) groups is 3. The van der Waals surface area contributed by atoms with E-state index in [9.17, 15) is 14.4 Å². The maximum absolute atomic E-state index is 15.6. The number of halogens is 2. The molecule has 9 heteroatoms. The number of hydrogen-bond donors (Lipinski definition) is 2. The highest BCUT2D eigenvalue weighted by atomic mass is 19.3. The number of aromatic nitrogens is 1. The number of allylic oxidation sites excluding steroid dienone is 1. The number of anilines is 2. The van der Waals surface area contributed by atoms with Crippen molar-refractivity contribution >= 4 is 34.7 Å². The van der Waals surface area contributed by atoms with E-state index in [-0.39, 0.29) is 35.8 Å². The van der Waals surface area contributed by atoms with E-state index in [1.807, 2.05) is 42.5 Å². The van der Waals surface area contributed by atoms with E-state index in [2.05, 4.69) is 15.6 Å². The van der Waals surface area contributed by atoms with Gasteiger partial charge in [0, 0.05) is 53.2 Å². The van der Waals surface area contributed by atoms with Crippen molar-refractivity contribution in [1.29, 1.82) is 0 Å². The monoisotopic (exact) mass is 628 g/mol. The Balaban J connectivity index is 1.21. The normalized spacial score (nSPS) is 14.5. The van der Waals surface area contributed by atoms with Crippen LogP contribution in [0.2, 0.25) is 0 Å². The van der Waals surface area contributed by atoms with Gasteiger partial charge in [-0.25, -0.2) is 8.78 Å². The van der Waals surface area contributed by atoms with E-state index in [4.69, 9.17) is 0 Å². The van der Waals surface area contributed by atoms with E-state index in [0.29, 0.717) is 16.9 Å². The zero-order chi connectivity index (χ0) is 32.8. The van der Waals surface area contributed by atoms with Crippen LogP contribution >= 0.6 is 0 Å². The first kappa shape index (κ1) is 31.0. The molecule has 6 rings (SSSR count). The molecule has 0 bridgehead atoms. The summed E-state index contributed by atoms with van der Waals surface area (Å²) >= 11 is 0. The minimum atomic E-state index is -3.38. The van der Waals surface area contributed by atoms with Crippen molar-refractivity contribution in [3.05, 3.63) is 156 Å². The number of amides is 3. The third kappa shape index (κ3) is 6.99. The topological polar surface area (TPSA) is 91.4 Å². The second-order valence-corrected chi connectivity index (χ2v) is 11.0. The summed E-state index contributed by atoms with van der Waals surface area (Å²) in [5, 5.41) is 5.50. The number of para-hydroxylation sites is 1. The first-order chi connectivity index (χ1) is 22.8. The van der Waals surface area contributed by atoms with Crippen LogP contribution < -0.4 is 15.5 Å². The van der Waals surface area contributed by atoms with Crippen LogP contribution in [-0.4, -0.2) is 35.2 Å². The number of nitrogens with zero attached hydrogens (tertiary/aromatic N) is 2. The van der Waals surface area contributed by atoms with Crippen LogP contribution in [0.3, 0.4) is 0 Å². The summed E-state index contributed by atoms with van der Waals surface area (Å²) < 4.78 is 31.2. The summed E-state index contributed by atoms with van der Waals surface area (Å²) in [7, 11) is 0. The molecule has 0 spiro atoms. The SMILES string of the molecule is O=C(/C=C1/c2ccccc2N(C(=O)c2ccc(NC(=O)c3ccccc3-c3ccccc3)cc2)CCC1(F)F)NCc1ccccn1. The predicted molar refractivity (Wildman–Crippen MR) is 178 cm³/mol. The molecule has 3 amide bonds. The quantitative estimate of drug-likeness (QED) is 0.184. The Morgan fingerprint density at radius 3 is 2.21 bits per heavy atom. The summed E-state index contributed by atoms with van der Waals surface area (Å²) in [6.07, 6.45) is 1.81. The number of benzene rings is 4. The van der Waals surface area contributed by atoms with Crippen molar-refractivity contribution in [2.45, 2.75) is 18.9 Å². The maximum atomic E-state index is 15.6. The van der Waals surface area contributed by atoms with Gasteiger partial charge < -0.3 is 15.5 Å². The Labute approximate surface area is 270 Å². The van der Waals surface area contributed by atoms with E-state index in [0.717, 1.165) is 17.2 Å². The molecule has 0 fully saturated rings. The molecule has 4 aromatic carbocycles. The Morgan fingerprint density at radius 2 is 1.47 bits per heavy atom. The predicted octanol–water partition coefficient (Wildman–Crippen LogP) is 7.39. The summed E-state index contributed by atoms with van der Waals surface area (Å²) in [6, 6.07) is 34.7. The molecule has 2 heterocycles. The summed E-state index contributed by atoms with van der Waals surface area (Å²) in [4.78, 5) is 45.2. The van der Waals surface area contributed by atoms with Gasteiger partial charge in [0.15, 0.2) is 0 Å². The van der Waals surface area contributed by atoms with E-state index in [1.54, 1.807) is 79.0 Å². The Morgan fingerprint density at radius 1 is 0.787 bits per heavy atom. The summed E-state index contributed by atoms with van der Waals surface area (Å²) in [5.41, 5.74) is 3.41. The highest BCUT2D eigenvalue weighted by molar-refractivity contribution is 6.11. The average molecular weight is 629 g/mol. The second kappa shape index (κ2) is 13.6. The van der Waals surface area contributed by atoms with Crippen LogP contribution in [0.4, 0.5) is 20.2 Å². The number of hydrogen-bond acceptors (Lipinski definition) is 4. The molecule has 0 unspecified atom stereocenters. The fourth-order valence-corrected chi connectivity index (χ4v) is 5.50. The van der Waals surface area contributed by atoms with Gasteiger partial charge in [-0.2, -0.15) is 0 Å². The minimum Gasteiger partial charge on any atom is -0.347 e. The van der Waals surface area contributed by atoms with Gasteiger partial charge in [-0.05, 0) is 59.7 Å². The molecule has 0 atom stereocenters. The smallest absolute Gasteiger partial charge is 0.275 e. The molecule has 1 aromatic heterocycles. The van der Waals surface area contributed by atoms with Crippen molar-refractivity contribution < 1.29 is 23.2 Å². The van der Waals surface area contributed by atoms with Crippen LogP contribution in [0, 0.1) is 0 Å². The molecule has 5 aromatic rings. The molecule has 0 saturated carbocycles. The lowest BCUT2D eigenvalue weighted by Gasteiger charge is -2.23. The first-order valence-electron chi connectivity index (χ1n) is 15.0. The van der Waals surface area contributed by atoms with Gasteiger partial charge in [0.25, 0.3) is 17.7 Å². The fourth-order valence-electron chi connectivity index (χ4n) is 5.50. The number of pyridine rings is 1. The van der Waals surface area contributed by atoms with Crippen LogP contribution in [0.1, 0.15) is 38.4 Å². The molecule has 0 saturated heterocycles. The number of fused-ring (bicyclic) bond motifs is 1. The van der Waals surface area contributed by atoms with Gasteiger partial charge in [0.05, 0.1) is 17.9 Å². The average Bonchev–Trinajstić information content (AvgIpc) is 3.21. The van der Waals surface area contributed by atoms with Gasteiger partial charge in [0.2, 0.25) is 5.91 Å². The molecular weight excluding hydrogens is 598 g/mol.